The van der Waals surface area contributed by atoms with Crippen LogP contribution in [0.2, 0.25) is 5.02 Å². The molecular weight excluding hydrogens is 576 g/mol. The van der Waals surface area contributed by atoms with Gasteiger partial charge in [0.25, 0.3) is 21.8 Å². The molecule has 9 nitrogen and oxygen atoms in total. The van der Waals surface area contributed by atoms with Crippen LogP contribution >= 0.6 is 11.6 Å². The first-order chi connectivity index (χ1) is 20.2. The molecule has 11 heteroatoms. The lowest BCUT2D eigenvalue weighted by Crippen LogP contribution is -2.39. The number of amides is 2. The Balaban J connectivity index is 1.33. The van der Waals surface area contributed by atoms with Gasteiger partial charge in [-0.05, 0) is 72.1 Å². The van der Waals surface area contributed by atoms with Crippen molar-refractivity contribution in [1.29, 1.82) is 0 Å². The molecule has 0 fully saturated rings. The summed E-state index contributed by atoms with van der Waals surface area (Å²) in [5.74, 6) is -0.406. The maximum atomic E-state index is 13.4. The van der Waals surface area contributed by atoms with Crippen LogP contribution in [-0.4, -0.2) is 39.6 Å². The largest absolute Gasteiger partial charge is 0.484 e. The minimum atomic E-state index is -4.07. The molecule has 0 unspecified atom stereocenters. The van der Waals surface area contributed by atoms with Crippen molar-refractivity contribution in [3.63, 3.8) is 0 Å². The minimum absolute atomic E-state index is 0.0361. The minimum Gasteiger partial charge on any atom is -0.484 e. The fourth-order valence-electron chi connectivity index (χ4n) is 3.76. The molecule has 4 aromatic carbocycles. The van der Waals surface area contributed by atoms with Crippen molar-refractivity contribution in [2.75, 3.05) is 17.5 Å². The van der Waals surface area contributed by atoms with Crippen LogP contribution in [0.3, 0.4) is 0 Å². The Morgan fingerprint density at radius 1 is 0.905 bits per heavy atom. The van der Waals surface area contributed by atoms with E-state index in [-0.39, 0.29) is 23.1 Å². The van der Waals surface area contributed by atoms with Crippen LogP contribution in [0, 0.1) is 6.92 Å². The van der Waals surface area contributed by atoms with Gasteiger partial charge < -0.3 is 10.1 Å². The number of aryl methyl sites for hydroxylation is 1. The predicted octanol–water partition coefficient (Wildman–Crippen LogP) is 4.69. The zero-order chi connectivity index (χ0) is 30.0. The van der Waals surface area contributed by atoms with Crippen LogP contribution in [0.5, 0.6) is 5.75 Å². The summed E-state index contributed by atoms with van der Waals surface area (Å²) in [6.45, 7) is 1.56. The number of hydrazone groups is 1. The number of carbonyl (C=O) groups excluding carboxylic acids is 2. The standard InChI is InChI=1S/C31H29ClN4O5S/c1-23-12-15-26(18-29(23)32)36(42(39,40)28-10-6-3-7-11-28)21-30(37)35-34-20-25-13-16-27(17-14-25)41-22-31(38)33-19-24-8-4-2-5-9-24/h2-18,20H,19,21-22H2,1H3,(H,33,38)(H,35,37)/b34-20-. The number of hydrogen-bond donors (Lipinski definition) is 2. The molecule has 2 amide bonds. The molecule has 216 valence electrons. The van der Waals surface area contributed by atoms with Crippen LogP contribution in [-0.2, 0) is 26.2 Å². The molecule has 0 saturated carbocycles. The molecule has 0 bridgehead atoms. The molecule has 0 aliphatic carbocycles. The van der Waals surface area contributed by atoms with Crippen molar-refractivity contribution in [2.24, 2.45) is 5.10 Å². The molecule has 42 heavy (non-hydrogen) atoms. The SMILES string of the molecule is Cc1ccc(N(CC(=O)N/N=C\c2ccc(OCC(=O)NCc3ccccc3)cc2)S(=O)(=O)c2ccccc2)cc1Cl. The molecule has 0 heterocycles. The number of rotatable bonds is 12. The zero-order valence-electron chi connectivity index (χ0n) is 22.7. The van der Waals surface area contributed by atoms with E-state index in [2.05, 4.69) is 15.8 Å². The zero-order valence-corrected chi connectivity index (χ0v) is 24.3. The van der Waals surface area contributed by atoms with E-state index >= 15 is 0 Å². The summed E-state index contributed by atoms with van der Waals surface area (Å²) in [5, 5.41) is 7.12. The number of halogens is 1. The number of benzene rings is 4. The molecule has 0 saturated heterocycles. The summed E-state index contributed by atoms with van der Waals surface area (Å²) < 4.78 is 33.3. The van der Waals surface area contributed by atoms with Gasteiger partial charge in [-0.15, -0.1) is 0 Å². The number of anilines is 1. The molecule has 0 atom stereocenters. The van der Waals surface area contributed by atoms with Crippen molar-refractivity contribution in [2.45, 2.75) is 18.4 Å². The normalized spacial score (nSPS) is 11.2. The first kappa shape index (κ1) is 30.3. The Kier molecular flexibility index (Phi) is 10.3. The number of nitrogens with zero attached hydrogens (tertiary/aromatic N) is 2. The quantitative estimate of drug-likeness (QED) is 0.180. The van der Waals surface area contributed by atoms with E-state index < -0.39 is 22.5 Å². The van der Waals surface area contributed by atoms with E-state index in [0.29, 0.717) is 22.9 Å². The van der Waals surface area contributed by atoms with E-state index in [4.69, 9.17) is 16.3 Å². The van der Waals surface area contributed by atoms with E-state index in [1.807, 2.05) is 30.3 Å². The third-order valence-corrected chi connectivity index (χ3v) is 8.24. The van der Waals surface area contributed by atoms with Gasteiger partial charge in [-0.25, -0.2) is 13.8 Å². The topological polar surface area (TPSA) is 117 Å². The highest BCUT2D eigenvalue weighted by molar-refractivity contribution is 7.92. The molecule has 2 N–H and O–H groups in total. The molecular formula is C31H29ClN4O5S. The Morgan fingerprint density at radius 2 is 1.57 bits per heavy atom. The lowest BCUT2D eigenvalue weighted by Gasteiger charge is -2.24. The fourth-order valence-corrected chi connectivity index (χ4v) is 5.37. The number of hydrogen-bond acceptors (Lipinski definition) is 6. The van der Waals surface area contributed by atoms with Crippen LogP contribution < -0.4 is 19.8 Å². The fraction of sp³-hybridized carbons (Fsp3) is 0.129. The summed E-state index contributed by atoms with van der Waals surface area (Å²) in [7, 11) is -4.07. The van der Waals surface area contributed by atoms with Crippen molar-refractivity contribution >= 4 is 45.3 Å². The number of carbonyl (C=O) groups is 2. The maximum absolute atomic E-state index is 13.4. The van der Waals surface area contributed by atoms with Crippen molar-refractivity contribution in [3.8, 4) is 5.75 Å². The average Bonchev–Trinajstić information content (AvgIpc) is 3.01. The van der Waals surface area contributed by atoms with Gasteiger partial charge in [0.2, 0.25) is 0 Å². The first-order valence-corrected chi connectivity index (χ1v) is 14.7. The number of ether oxygens (including phenoxy) is 1. The first-order valence-electron chi connectivity index (χ1n) is 12.9. The van der Waals surface area contributed by atoms with Gasteiger partial charge >= 0.3 is 0 Å². The van der Waals surface area contributed by atoms with Gasteiger partial charge in [-0.1, -0.05) is 66.2 Å². The van der Waals surface area contributed by atoms with Crippen LogP contribution in [0.15, 0.2) is 113 Å². The highest BCUT2D eigenvalue weighted by atomic mass is 35.5. The molecule has 4 aromatic rings. The van der Waals surface area contributed by atoms with E-state index in [9.17, 15) is 18.0 Å². The molecule has 0 aliphatic rings. The van der Waals surface area contributed by atoms with Crippen molar-refractivity contribution in [1.82, 2.24) is 10.7 Å². The second-order valence-corrected chi connectivity index (χ2v) is 11.4. The highest BCUT2D eigenvalue weighted by Crippen LogP contribution is 2.28. The Morgan fingerprint density at radius 3 is 2.24 bits per heavy atom. The second-order valence-electron chi connectivity index (χ2n) is 9.17. The summed E-state index contributed by atoms with van der Waals surface area (Å²) in [4.78, 5) is 24.9. The smallest absolute Gasteiger partial charge is 0.264 e. The molecule has 0 radical (unpaired) electrons. The van der Waals surface area contributed by atoms with E-state index in [1.54, 1.807) is 61.5 Å². The summed E-state index contributed by atoms with van der Waals surface area (Å²) in [6, 6.07) is 28.9. The number of nitrogens with one attached hydrogen (secondary N) is 2. The highest BCUT2D eigenvalue weighted by Gasteiger charge is 2.27. The second kappa shape index (κ2) is 14.3. The van der Waals surface area contributed by atoms with E-state index in [0.717, 1.165) is 15.4 Å². The van der Waals surface area contributed by atoms with Crippen LogP contribution in [0.4, 0.5) is 5.69 Å². The molecule has 0 aromatic heterocycles. The van der Waals surface area contributed by atoms with Crippen molar-refractivity contribution < 1.29 is 22.7 Å². The van der Waals surface area contributed by atoms with Gasteiger partial charge in [-0.2, -0.15) is 5.10 Å². The van der Waals surface area contributed by atoms with Gasteiger partial charge in [-0.3, -0.25) is 13.9 Å². The monoisotopic (exact) mass is 604 g/mol. The van der Waals surface area contributed by atoms with Gasteiger partial charge in [0.1, 0.15) is 12.3 Å². The lowest BCUT2D eigenvalue weighted by molar-refractivity contribution is -0.123. The van der Waals surface area contributed by atoms with Gasteiger partial charge in [0.05, 0.1) is 16.8 Å². The van der Waals surface area contributed by atoms with Crippen LogP contribution in [0.25, 0.3) is 0 Å². The summed E-state index contributed by atoms with van der Waals surface area (Å²) in [6.07, 6.45) is 1.41. The Labute approximate surface area is 249 Å². The Bertz CT molecular complexity index is 1650. The predicted molar refractivity (Wildman–Crippen MR) is 163 cm³/mol. The summed E-state index contributed by atoms with van der Waals surface area (Å²) in [5.41, 5.74) is 5.03. The van der Waals surface area contributed by atoms with Gasteiger partial charge in [0.15, 0.2) is 6.61 Å². The summed E-state index contributed by atoms with van der Waals surface area (Å²) >= 11 is 6.25. The van der Waals surface area contributed by atoms with Crippen LogP contribution in [0.1, 0.15) is 16.7 Å². The molecule has 0 aliphatic heterocycles. The average molecular weight is 605 g/mol. The third-order valence-electron chi connectivity index (χ3n) is 6.05. The third kappa shape index (κ3) is 8.42. The molecule has 0 spiro atoms. The lowest BCUT2D eigenvalue weighted by atomic mass is 10.2. The van der Waals surface area contributed by atoms with Gasteiger partial charge in [0, 0.05) is 11.6 Å². The number of sulfonamides is 1. The Hall–Kier alpha value is -4.67. The molecule has 4 rings (SSSR count). The van der Waals surface area contributed by atoms with Crippen molar-refractivity contribution in [3.05, 3.63) is 125 Å². The maximum Gasteiger partial charge on any atom is 0.264 e. The van der Waals surface area contributed by atoms with E-state index in [1.165, 1.54) is 24.4 Å².